The average Bonchev–Trinajstić information content (AvgIpc) is 2.76. The second-order valence-electron chi connectivity index (χ2n) is 7.82. The Balaban J connectivity index is 1.73. The molecule has 2 nitrogen and oxygen atoms in total. The second-order valence-corrected chi connectivity index (χ2v) is 7.82. The van der Waals surface area contributed by atoms with Crippen molar-refractivity contribution in [2.24, 2.45) is 0 Å². The van der Waals surface area contributed by atoms with Crippen molar-refractivity contribution in [1.29, 1.82) is 0 Å². The van der Waals surface area contributed by atoms with E-state index < -0.39 is 0 Å². The molecule has 0 bridgehead atoms. The van der Waals surface area contributed by atoms with Gasteiger partial charge in [-0.15, -0.1) is 0 Å². The molecular weight excluding hydrogens is 380 g/mol. The molecule has 0 aromatic heterocycles. The number of fused-ring (bicyclic) bond motifs is 3. The Hall–Kier alpha value is -3.83. The molecule has 0 aliphatic rings. The van der Waals surface area contributed by atoms with Gasteiger partial charge in [0.15, 0.2) is 0 Å². The van der Waals surface area contributed by atoms with Crippen LogP contribution in [0.4, 0.5) is 0 Å². The summed E-state index contributed by atoms with van der Waals surface area (Å²) in [6, 6.07) is 20.4. The monoisotopic (exact) mass is 404 g/mol. The van der Waals surface area contributed by atoms with Crippen LogP contribution in [0.3, 0.4) is 0 Å². The molecule has 0 N–H and O–H groups in total. The van der Waals surface area contributed by atoms with Crippen LogP contribution in [0, 0.1) is 32.6 Å². The van der Waals surface area contributed by atoms with Crippen molar-refractivity contribution >= 4 is 33.6 Å². The number of hydrogen-bond acceptors (Lipinski definition) is 2. The van der Waals surface area contributed by atoms with Crippen molar-refractivity contribution < 1.29 is 9.53 Å². The number of allylic oxidation sites excluding steroid dienone is 1. The first-order valence-electron chi connectivity index (χ1n) is 10.3. The molecule has 0 unspecified atom stereocenters. The normalized spacial score (nSPS) is 11.0. The fourth-order valence-corrected chi connectivity index (χ4v) is 4.13. The number of carbonyl (C=O) groups is 1. The highest BCUT2D eigenvalue weighted by atomic mass is 16.5. The van der Waals surface area contributed by atoms with Crippen LogP contribution in [0.15, 0.2) is 66.7 Å². The highest BCUT2D eigenvalue weighted by molar-refractivity contribution is 6.16. The number of methoxy groups -OCH3 is 1. The lowest BCUT2D eigenvalue weighted by molar-refractivity contribution is 0.0603. The van der Waals surface area contributed by atoms with E-state index in [0.29, 0.717) is 5.56 Å². The summed E-state index contributed by atoms with van der Waals surface area (Å²) in [4.78, 5) is 12.2. The van der Waals surface area contributed by atoms with Gasteiger partial charge in [0.25, 0.3) is 0 Å². The van der Waals surface area contributed by atoms with Gasteiger partial charge in [-0.2, -0.15) is 0 Å². The van der Waals surface area contributed by atoms with E-state index in [1.807, 2.05) is 54.6 Å². The van der Waals surface area contributed by atoms with Crippen molar-refractivity contribution in [2.75, 3.05) is 7.11 Å². The summed E-state index contributed by atoms with van der Waals surface area (Å²) in [5.41, 5.74) is 6.41. The molecule has 0 saturated heterocycles. The van der Waals surface area contributed by atoms with Gasteiger partial charge in [0, 0.05) is 5.56 Å². The summed E-state index contributed by atoms with van der Waals surface area (Å²) in [7, 11) is 1.41. The van der Waals surface area contributed by atoms with Gasteiger partial charge in [-0.3, -0.25) is 0 Å². The zero-order chi connectivity index (χ0) is 22.0. The molecular formula is C29H24O2. The lowest BCUT2D eigenvalue weighted by Gasteiger charge is -2.09. The van der Waals surface area contributed by atoms with Gasteiger partial charge in [-0.1, -0.05) is 65.9 Å². The van der Waals surface area contributed by atoms with Crippen LogP contribution >= 0.6 is 0 Å². The standard InChI is InChI=1S/C29H24O2/c1-19-15-20(2)24(21(3)16-19)10-6-5-9-22-13-14-23-18-28(29(30)31-4)26-12-8-7-11-25(26)27(23)17-22/h5,7-9,11-18H,1-4H3. The lowest BCUT2D eigenvalue weighted by atomic mass is 9.96. The minimum absolute atomic E-state index is 0.320. The van der Waals surface area contributed by atoms with E-state index in [-0.39, 0.29) is 5.97 Å². The number of carbonyl (C=O) groups excluding carboxylic acids is 1. The van der Waals surface area contributed by atoms with Gasteiger partial charge in [-0.25, -0.2) is 4.79 Å². The van der Waals surface area contributed by atoms with Gasteiger partial charge in [0.1, 0.15) is 0 Å². The van der Waals surface area contributed by atoms with Gasteiger partial charge in [0.05, 0.1) is 12.7 Å². The van der Waals surface area contributed by atoms with Crippen LogP contribution in [0.5, 0.6) is 0 Å². The summed E-state index contributed by atoms with van der Waals surface area (Å²) >= 11 is 0. The first-order chi connectivity index (χ1) is 15.0. The average molecular weight is 405 g/mol. The summed E-state index contributed by atoms with van der Waals surface area (Å²) in [5, 5.41) is 4.04. The molecule has 0 amide bonds. The van der Waals surface area contributed by atoms with Gasteiger partial charge < -0.3 is 4.74 Å². The first-order valence-corrected chi connectivity index (χ1v) is 10.3. The van der Waals surface area contributed by atoms with E-state index in [2.05, 4.69) is 50.8 Å². The van der Waals surface area contributed by atoms with Crippen molar-refractivity contribution in [1.82, 2.24) is 0 Å². The Morgan fingerprint density at radius 1 is 0.871 bits per heavy atom. The lowest BCUT2D eigenvalue weighted by Crippen LogP contribution is -2.02. The molecule has 4 rings (SSSR count). The molecule has 0 aliphatic heterocycles. The third kappa shape index (κ3) is 4.09. The molecule has 0 aliphatic carbocycles. The minimum Gasteiger partial charge on any atom is -0.465 e. The molecule has 0 fully saturated rings. The largest absolute Gasteiger partial charge is 0.465 e. The number of hydrogen-bond donors (Lipinski definition) is 0. The van der Waals surface area contributed by atoms with E-state index in [4.69, 9.17) is 4.74 Å². The highest BCUT2D eigenvalue weighted by Crippen LogP contribution is 2.30. The molecule has 0 spiro atoms. The molecule has 4 aromatic carbocycles. The molecule has 0 atom stereocenters. The Labute approximate surface area is 183 Å². The maximum atomic E-state index is 12.2. The van der Waals surface area contributed by atoms with Crippen molar-refractivity contribution in [3.63, 3.8) is 0 Å². The Bertz CT molecular complexity index is 1390. The fraction of sp³-hybridized carbons (Fsp3) is 0.138. The SMILES string of the molecule is COC(=O)c1cc2ccc(C=CC#Cc3c(C)cc(C)cc3C)cc2c2ccccc12. The van der Waals surface area contributed by atoms with E-state index >= 15 is 0 Å². The number of esters is 1. The van der Waals surface area contributed by atoms with Crippen molar-refractivity contribution in [3.05, 3.63) is 100 Å². The molecule has 31 heavy (non-hydrogen) atoms. The van der Waals surface area contributed by atoms with Gasteiger partial charge in [-0.05, 0) is 83.3 Å². The Morgan fingerprint density at radius 2 is 1.58 bits per heavy atom. The van der Waals surface area contributed by atoms with Crippen LogP contribution < -0.4 is 0 Å². The number of benzene rings is 4. The smallest absolute Gasteiger partial charge is 0.338 e. The van der Waals surface area contributed by atoms with E-state index in [1.165, 1.54) is 23.8 Å². The van der Waals surface area contributed by atoms with E-state index in [9.17, 15) is 4.79 Å². The van der Waals surface area contributed by atoms with Gasteiger partial charge >= 0.3 is 5.97 Å². The molecule has 0 radical (unpaired) electrons. The van der Waals surface area contributed by atoms with Crippen LogP contribution in [0.25, 0.3) is 27.6 Å². The highest BCUT2D eigenvalue weighted by Gasteiger charge is 2.13. The molecule has 4 aromatic rings. The van der Waals surface area contributed by atoms with Gasteiger partial charge in [0.2, 0.25) is 0 Å². The zero-order valence-corrected chi connectivity index (χ0v) is 18.2. The summed E-state index contributed by atoms with van der Waals surface area (Å²) in [5.74, 6) is 6.14. The van der Waals surface area contributed by atoms with Crippen LogP contribution in [-0.2, 0) is 4.74 Å². The zero-order valence-electron chi connectivity index (χ0n) is 18.2. The van der Waals surface area contributed by atoms with Crippen molar-refractivity contribution in [2.45, 2.75) is 20.8 Å². The predicted molar refractivity (Wildman–Crippen MR) is 129 cm³/mol. The van der Waals surface area contributed by atoms with Crippen LogP contribution in [-0.4, -0.2) is 13.1 Å². The summed E-state index contributed by atoms with van der Waals surface area (Å²) in [6.07, 6.45) is 3.92. The summed E-state index contributed by atoms with van der Waals surface area (Å²) in [6.45, 7) is 6.31. The number of aryl methyl sites for hydroxylation is 3. The summed E-state index contributed by atoms with van der Waals surface area (Å²) < 4.78 is 4.98. The first kappa shape index (κ1) is 20.4. The molecule has 2 heteroatoms. The second kappa shape index (κ2) is 8.50. The van der Waals surface area contributed by atoms with E-state index in [0.717, 1.165) is 32.7 Å². The van der Waals surface area contributed by atoms with Crippen LogP contribution in [0.1, 0.15) is 38.2 Å². The van der Waals surface area contributed by atoms with Crippen LogP contribution in [0.2, 0.25) is 0 Å². The predicted octanol–water partition coefficient (Wildman–Crippen LogP) is 6.77. The fourth-order valence-electron chi connectivity index (χ4n) is 4.13. The Kier molecular flexibility index (Phi) is 5.60. The molecule has 0 heterocycles. The quantitative estimate of drug-likeness (QED) is 0.209. The topological polar surface area (TPSA) is 26.3 Å². The van der Waals surface area contributed by atoms with E-state index in [1.54, 1.807) is 0 Å². The third-order valence-corrected chi connectivity index (χ3v) is 5.52. The number of ether oxygens (including phenoxy) is 1. The minimum atomic E-state index is -0.320. The molecule has 0 saturated carbocycles. The molecule has 152 valence electrons. The Morgan fingerprint density at radius 3 is 2.29 bits per heavy atom. The maximum absolute atomic E-state index is 12.2. The third-order valence-electron chi connectivity index (χ3n) is 5.52. The number of rotatable bonds is 2. The van der Waals surface area contributed by atoms with Crippen molar-refractivity contribution in [3.8, 4) is 11.8 Å². The maximum Gasteiger partial charge on any atom is 0.338 e.